The lowest BCUT2D eigenvalue weighted by molar-refractivity contribution is -0.244. The van der Waals surface area contributed by atoms with Gasteiger partial charge in [0.05, 0.1) is 6.61 Å². The number of carbonyl (C=O) groups is 1. The third-order valence-corrected chi connectivity index (χ3v) is 3.52. The largest absolute Gasteiger partial charge is 0.463 e. The Morgan fingerprint density at radius 2 is 1.91 bits per heavy atom. The highest BCUT2D eigenvalue weighted by molar-refractivity contribution is 5.73. The molecule has 1 heterocycles. The molecule has 1 saturated heterocycles. The number of amides is 1. The fraction of sp³-hybridized carbons (Fsp3) is 0.533. The average Bonchev–Trinajstić information content (AvgIpc) is 2.48. The zero-order valence-corrected chi connectivity index (χ0v) is 12.5. The lowest BCUT2D eigenvalue weighted by atomic mass is 9.97. The van der Waals surface area contributed by atoms with Crippen molar-refractivity contribution in [2.24, 2.45) is 0 Å². The summed E-state index contributed by atoms with van der Waals surface area (Å²) in [6, 6.07) is 6.21. The molecule has 0 radical (unpaired) electrons. The fourth-order valence-electron chi connectivity index (χ4n) is 2.32. The quantitative estimate of drug-likeness (QED) is 0.587. The minimum absolute atomic E-state index is 0.389. The van der Waals surface area contributed by atoms with Crippen molar-refractivity contribution >= 4 is 5.91 Å². The highest BCUT2D eigenvalue weighted by Gasteiger charge is 2.46. The molecule has 0 spiro atoms. The zero-order valence-electron chi connectivity index (χ0n) is 12.5. The molecule has 0 unspecified atom stereocenters. The lowest BCUT2D eigenvalue weighted by Crippen LogP contribution is -2.65. The summed E-state index contributed by atoms with van der Waals surface area (Å²) in [5, 5.41) is 31.8. The normalized spacial score (nSPS) is 31.6. The molecular formula is C15H21NO6. The van der Waals surface area contributed by atoms with Gasteiger partial charge in [-0.1, -0.05) is 17.7 Å². The standard InChI is InChI=1S/C15H21NO6/c1-8-3-5-10(6-4-8)21-15-12(16-9(2)18)14(20)13(19)11(7-17)22-15/h3-6,11-15,17,19-20H,7H2,1-2H3,(H,16,18)/t11-,12+,13+,14+,15-/m1/s1. The maximum absolute atomic E-state index is 11.3. The van der Waals surface area contributed by atoms with E-state index in [1.165, 1.54) is 6.92 Å². The van der Waals surface area contributed by atoms with E-state index in [0.717, 1.165) is 5.56 Å². The van der Waals surface area contributed by atoms with E-state index < -0.39 is 37.3 Å². The summed E-state index contributed by atoms with van der Waals surface area (Å²) >= 11 is 0. The predicted octanol–water partition coefficient (Wildman–Crippen LogP) is -0.682. The van der Waals surface area contributed by atoms with Crippen molar-refractivity contribution in [1.82, 2.24) is 5.32 Å². The molecule has 22 heavy (non-hydrogen) atoms. The third kappa shape index (κ3) is 3.75. The van der Waals surface area contributed by atoms with Crippen LogP contribution in [0.15, 0.2) is 24.3 Å². The Morgan fingerprint density at radius 3 is 2.45 bits per heavy atom. The Labute approximate surface area is 128 Å². The molecule has 1 aromatic rings. The van der Waals surface area contributed by atoms with Gasteiger partial charge in [0, 0.05) is 6.92 Å². The van der Waals surface area contributed by atoms with Gasteiger partial charge in [-0.25, -0.2) is 0 Å². The molecular weight excluding hydrogens is 290 g/mol. The molecule has 7 heteroatoms. The van der Waals surface area contributed by atoms with E-state index in [4.69, 9.17) is 9.47 Å². The Morgan fingerprint density at radius 1 is 1.27 bits per heavy atom. The van der Waals surface area contributed by atoms with Crippen LogP contribution in [0.3, 0.4) is 0 Å². The van der Waals surface area contributed by atoms with Crippen molar-refractivity contribution in [3.8, 4) is 5.75 Å². The van der Waals surface area contributed by atoms with Gasteiger partial charge in [0.25, 0.3) is 0 Å². The summed E-state index contributed by atoms with van der Waals surface area (Å²) in [5.41, 5.74) is 1.05. The first kappa shape index (κ1) is 16.7. The number of nitrogens with one attached hydrogen (secondary N) is 1. The van der Waals surface area contributed by atoms with E-state index >= 15 is 0 Å². The average molecular weight is 311 g/mol. The topological polar surface area (TPSA) is 108 Å². The highest BCUT2D eigenvalue weighted by atomic mass is 16.7. The number of aryl methyl sites for hydroxylation is 1. The molecule has 2 rings (SSSR count). The summed E-state index contributed by atoms with van der Waals surface area (Å²) < 4.78 is 11.1. The molecule has 5 atom stereocenters. The summed E-state index contributed by atoms with van der Waals surface area (Å²) in [6.45, 7) is 2.75. The van der Waals surface area contributed by atoms with Gasteiger partial charge >= 0.3 is 0 Å². The van der Waals surface area contributed by atoms with Crippen LogP contribution in [0.25, 0.3) is 0 Å². The number of aliphatic hydroxyl groups is 3. The van der Waals surface area contributed by atoms with Gasteiger partial charge in [-0.2, -0.15) is 0 Å². The van der Waals surface area contributed by atoms with Crippen LogP contribution in [0, 0.1) is 6.92 Å². The first-order chi connectivity index (χ1) is 10.4. The highest BCUT2D eigenvalue weighted by Crippen LogP contribution is 2.24. The van der Waals surface area contributed by atoms with Crippen LogP contribution < -0.4 is 10.1 Å². The Bertz CT molecular complexity index is 505. The van der Waals surface area contributed by atoms with Gasteiger partial charge in [0.1, 0.15) is 30.1 Å². The molecule has 1 aliphatic rings. The van der Waals surface area contributed by atoms with E-state index in [1.54, 1.807) is 12.1 Å². The van der Waals surface area contributed by atoms with Gasteiger partial charge in [-0.05, 0) is 19.1 Å². The van der Waals surface area contributed by atoms with Crippen molar-refractivity contribution in [3.63, 3.8) is 0 Å². The van der Waals surface area contributed by atoms with E-state index in [-0.39, 0.29) is 5.91 Å². The Hall–Kier alpha value is -1.67. The lowest BCUT2D eigenvalue weighted by Gasteiger charge is -2.42. The first-order valence-electron chi connectivity index (χ1n) is 7.05. The van der Waals surface area contributed by atoms with Crippen molar-refractivity contribution in [1.29, 1.82) is 0 Å². The second kappa shape index (κ2) is 7.06. The van der Waals surface area contributed by atoms with E-state index in [2.05, 4.69) is 5.32 Å². The number of benzene rings is 1. The van der Waals surface area contributed by atoms with Gasteiger partial charge in [-0.15, -0.1) is 0 Å². The fourth-order valence-corrected chi connectivity index (χ4v) is 2.32. The molecule has 4 N–H and O–H groups in total. The van der Waals surface area contributed by atoms with E-state index in [0.29, 0.717) is 5.75 Å². The van der Waals surface area contributed by atoms with Gasteiger partial charge < -0.3 is 30.1 Å². The Kier molecular flexibility index (Phi) is 5.36. The van der Waals surface area contributed by atoms with Gasteiger partial charge in [0.15, 0.2) is 0 Å². The monoisotopic (exact) mass is 311 g/mol. The minimum Gasteiger partial charge on any atom is -0.463 e. The molecule has 1 aromatic carbocycles. The molecule has 1 fully saturated rings. The van der Waals surface area contributed by atoms with E-state index in [9.17, 15) is 20.1 Å². The minimum atomic E-state index is -1.32. The zero-order chi connectivity index (χ0) is 16.3. The van der Waals surface area contributed by atoms with Gasteiger partial charge in [-0.3, -0.25) is 4.79 Å². The first-order valence-corrected chi connectivity index (χ1v) is 7.05. The van der Waals surface area contributed by atoms with Crippen LogP contribution >= 0.6 is 0 Å². The van der Waals surface area contributed by atoms with Crippen molar-refractivity contribution in [2.75, 3.05) is 6.61 Å². The number of rotatable bonds is 4. The van der Waals surface area contributed by atoms with Crippen LogP contribution in [0.1, 0.15) is 12.5 Å². The number of ether oxygens (including phenoxy) is 2. The molecule has 122 valence electrons. The third-order valence-electron chi connectivity index (χ3n) is 3.52. The summed E-state index contributed by atoms with van der Waals surface area (Å²) in [4.78, 5) is 11.3. The number of hydrogen-bond donors (Lipinski definition) is 4. The van der Waals surface area contributed by atoms with Gasteiger partial charge in [0.2, 0.25) is 12.2 Å². The number of hydrogen-bond acceptors (Lipinski definition) is 6. The van der Waals surface area contributed by atoms with E-state index in [1.807, 2.05) is 19.1 Å². The van der Waals surface area contributed by atoms with Crippen LogP contribution in [0.4, 0.5) is 0 Å². The second-order valence-corrected chi connectivity index (χ2v) is 5.36. The van der Waals surface area contributed by atoms with Crippen molar-refractivity contribution < 1.29 is 29.6 Å². The molecule has 7 nitrogen and oxygen atoms in total. The molecule has 0 aliphatic carbocycles. The maximum atomic E-state index is 11.3. The summed E-state index contributed by atoms with van der Waals surface area (Å²) in [6.07, 6.45) is -4.65. The molecule has 1 amide bonds. The van der Waals surface area contributed by atoms with Crippen LogP contribution in [-0.2, 0) is 9.53 Å². The number of carbonyl (C=O) groups excluding carboxylic acids is 1. The summed E-state index contributed by atoms with van der Waals surface area (Å²) in [7, 11) is 0. The number of aliphatic hydroxyl groups excluding tert-OH is 3. The Balaban J connectivity index is 2.18. The molecule has 0 bridgehead atoms. The SMILES string of the molecule is CC(=O)N[C@@H]1[C@H](Oc2ccc(C)cc2)O[C@H](CO)[C@H](O)[C@H]1O. The predicted molar refractivity (Wildman–Crippen MR) is 77.2 cm³/mol. The maximum Gasteiger partial charge on any atom is 0.223 e. The molecule has 0 saturated carbocycles. The smallest absolute Gasteiger partial charge is 0.223 e. The van der Waals surface area contributed by atoms with Crippen LogP contribution in [-0.4, -0.2) is 58.5 Å². The molecule has 1 aliphatic heterocycles. The summed E-state index contributed by atoms with van der Waals surface area (Å²) in [5.74, 6) is 0.103. The molecule has 0 aromatic heterocycles. The van der Waals surface area contributed by atoms with Crippen LogP contribution in [0.5, 0.6) is 5.75 Å². The van der Waals surface area contributed by atoms with Crippen molar-refractivity contribution in [2.45, 2.75) is 44.5 Å². The van der Waals surface area contributed by atoms with Crippen molar-refractivity contribution in [3.05, 3.63) is 29.8 Å². The van der Waals surface area contributed by atoms with Crippen LogP contribution in [0.2, 0.25) is 0 Å². The second-order valence-electron chi connectivity index (χ2n) is 5.36.